The van der Waals surface area contributed by atoms with Gasteiger partial charge in [-0.15, -0.1) is 0 Å². The van der Waals surface area contributed by atoms with E-state index in [9.17, 15) is 0 Å². The second kappa shape index (κ2) is 7.56. The highest BCUT2D eigenvalue weighted by atomic mass is 79.9. The van der Waals surface area contributed by atoms with Crippen LogP contribution in [0.4, 0.5) is 0 Å². The van der Waals surface area contributed by atoms with Crippen molar-refractivity contribution in [3.05, 3.63) is 37.6 Å². The fraction of sp³-hybridized carbons (Fsp3) is 0.286. The van der Waals surface area contributed by atoms with E-state index >= 15 is 0 Å². The highest BCUT2D eigenvalue weighted by Gasteiger charge is 2.11. The van der Waals surface area contributed by atoms with Gasteiger partial charge in [0.1, 0.15) is 21.9 Å². The van der Waals surface area contributed by atoms with E-state index in [1.165, 1.54) is 0 Å². The van der Waals surface area contributed by atoms with Gasteiger partial charge < -0.3 is 9.47 Å². The summed E-state index contributed by atoms with van der Waals surface area (Å²) in [7, 11) is 1.62. The number of aryl methyl sites for hydroxylation is 1. The molecule has 0 radical (unpaired) electrons. The van der Waals surface area contributed by atoms with Crippen LogP contribution in [0.1, 0.15) is 19.2 Å². The summed E-state index contributed by atoms with van der Waals surface area (Å²) in [4.78, 5) is 8.72. The van der Waals surface area contributed by atoms with E-state index in [1.807, 2.05) is 12.1 Å². The quantitative estimate of drug-likeness (QED) is 0.529. The minimum atomic E-state index is 0.498. The first-order chi connectivity index (χ1) is 10.0. The van der Waals surface area contributed by atoms with E-state index in [0.717, 1.165) is 33.4 Å². The minimum Gasteiger partial charge on any atom is -0.496 e. The van der Waals surface area contributed by atoms with Crippen LogP contribution in [0.2, 0.25) is 0 Å². The first-order valence-electron chi connectivity index (χ1n) is 6.27. The monoisotopic (exact) mass is 478 g/mol. The molecule has 2 aromatic rings. The summed E-state index contributed by atoms with van der Waals surface area (Å²) in [6.07, 6.45) is 1.79. The van der Waals surface area contributed by atoms with Crippen molar-refractivity contribution in [2.45, 2.75) is 19.8 Å². The molecule has 0 atom stereocenters. The molecule has 112 valence electrons. The van der Waals surface area contributed by atoms with Crippen LogP contribution < -0.4 is 9.47 Å². The van der Waals surface area contributed by atoms with E-state index in [1.54, 1.807) is 13.2 Å². The fourth-order valence-electron chi connectivity index (χ4n) is 1.69. The Kier molecular flexibility index (Phi) is 6.01. The average molecular weight is 481 g/mol. The Morgan fingerprint density at radius 1 is 1.00 bits per heavy atom. The van der Waals surface area contributed by atoms with Crippen LogP contribution in [-0.2, 0) is 6.42 Å². The second-order valence-corrected chi connectivity index (χ2v) is 6.74. The summed E-state index contributed by atoms with van der Waals surface area (Å²) in [6, 6.07) is 5.41. The lowest BCUT2D eigenvalue weighted by molar-refractivity contribution is 0.408. The zero-order valence-electron chi connectivity index (χ0n) is 11.5. The maximum absolute atomic E-state index is 5.84. The van der Waals surface area contributed by atoms with Crippen molar-refractivity contribution in [1.29, 1.82) is 0 Å². The first-order valence-corrected chi connectivity index (χ1v) is 8.65. The lowest BCUT2D eigenvalue weighted by Gasteiger charge is -2.11. The molecule has 0 spiro atoms. The Morgan fingerprint density at radius 3 is 2.33 bits per heavy atom. The van der Waals surface area contributed by atoms with Gasteiger partial charge in [-0.2, -0.15) is 4.98 Å². The molecule has 0 N–H and O–H groups in total. The summed E-state index contributed by atoms with van der Waals surface area (Å²) in [5.74, 6) is 2.63. The number of halogens is 3. The highest BCUT2D eigenvalue weighted by Crippen LogP contribution is 2.38. The number of nitrogens with zero attached hydrogens (tertiary/aromatic N) is 2. The van der Waals surface area contributed by atoms with Gasteiger partial charge in [0.05, 0.1) is 16.1 Å². The molecule has 4 nitrogen and oxygen atoms in total. The van der Waals surface area contributed by atoms with Crippen molar-refractivity contribution >= 4 is 47.8 Å². The molecule has 0 aliphatic carbocycles. The maximum atomic E-state index is 5.84. The number of rotatable bonds is 5. The summed E-state index contributed by atoms with van der Waals surface area (Å²) in [5, 5.41) is 0. The summed E-state index contributed by atoms with van der Waals surface area (Å²) < 4.78 is 13.4. The van der Waals surface area contributed by atoms with Crippen LogP contribution >= 0.6 is 47.8 Å². The van der Waals surface area contributed by atoms with Crippen LogP contribution in [0.25, 0.3) is 0 Å². The number of ether oxygens (including phenoxy) is 2. The molecular formula is C14H13Br3N2O2. The minimum absolute atomic E-state index is 0.498. The molecule has 0 aliphatic rings. The maximum Gasteiger partial charge on any atom is 0.223 e. The third-order valence-electron chi connectivity index (χ3n) is 2.61. The molecule has 0 unspecified atom stereocenters. The van der Waals surface area contributed by atoms with Crippen LogP contribution in [0.5, 0.6) is 17.4 Å². The Balaban J connectivity index is 2.31. The van der Waals surface area contributed by atoms with Gasteiger partial charge in [0, 0.05) is 12.5 Å². The van der Waals surface area contributed by atoms with E-state index in [0.29, 0.717) is 16.2 Å². The molecular weight excluding hydrogens is 468 g/mol. The number of hydrogen-bond acceptors (Lipinski definition) is 4. The van der Waals surface area contributed by atoms with Crippen LogP contribution in [0, 0.1) is 0 Å². The molecule has 0 aliphatic heterocycles. The van der Waals surface area contributed by atoms with Crippen molar-refractivity contribution in [1.82, 2.24) is 9.97 Å². The summed E-state index contributed by atoms with van der Waals surface area (Å²) >= 11 is 10.3. The van der Waals surface area contributed by atoms with Crippen molar-refractivity contribution in [3.63, 3.8) is 0 Å². The van der Waals surface area contributed by atoms with Crippen molar-refractivity contribution in [2.75, 3.05) is 7.11 Å². The van der Waals surface area contributed by atoms with Crippen molar-refractivity contribution in [3.8, 4) is 17.4 Å². The number of hydrogen-bond donors (Lipinski definition) is 0. The molecule has 2 rings (SSSR count). The Labute approximate surface area is 148 Å². The Hall–Kier alpha value is -0.660. The molecule has 1 aromatic carbocycles. The Morgan fingerprint density at radius 2 is 1.67 bits per heavy atom. The topological polar surface area (TPSA) is 44.2 Å². The summed E-state index contributed by atoms with van der Waals surface area (Å²) in [5.41, 5.74) is 0. The molecule has 1 aromatic heterocycles. The van der Waals surface area contributed by atoms with E-state index in [-0.39, 0.29) is 0 Å². The molecule has 7 heteroatoms. The smallest absolute Gasteiger partial charge is 0.223 e. The lowest BCUT2D eigenvalue weighted by atomic mass is 10.3. The highest BCUT2D eigenvalue weighted by molar-refractivity contribution is 9.11. The van der Waals surface area contributed by atoms with Gasteiger partial charge in [-0.05, 0) is 66.3 Å². The van der Waals surface area contributed by atoms with Gasteiger partial charge in [-0.3, -0.25) is 0 Å². The molecule has 0 bridgehead atoms. The fourth-order valence-corrected chi connectivity index (χ4v) is 2.98. The molecule has 0 saturated carbocycles. The normalized spacial score (nSPS) is 10.5. The van der Waals surface area contributed by atoms with Gasteiger partial charge in [-0.25, -0.2) is 4.98 Å². The van der Waals surface area contributed by atoms with Gasteiger partial charge in [0.25, 0.3) is 0 Å². The van der Waals surface area contributed by atoms with Crippen molar-refractivity contribution in [2.24, 2.45) is 0 Å². The second-order valence-electron chi connectivity index (χ2n) is 4.21. The molecule has 0 fully saturated rings. The molecule has 21 heavy (non-hydrogen) atoms. The first kappa shape index (κ1) is 16.7. The zero-order valence-corrected chi connectivity index (χ0v) is 16.2. The van der Waals surface area contributed by atoms with Gasteiger partial charge in [-0.1, -0.05) is 6.92 Å². The van der Waals surface area contributed by atoms with Gasteiger partial charge >= 0.3 is 0 Å². The lowest BCUT2D eigenvalue weighted by Crippen LogP contribution is -1.98. The number of benzene rings is 1. The molecule has 0 saturated heterocycles. The van der Waals surface area contributed by atoms with Crippen molar-refractivity contribution < 1.29 is 9.47 Å². The van der Waals surface area contributed by atoms with E-state index in [4.69, 9.17) is 9.47 Å². The largest absolute Gasteiger partial charge is 0.496 e. The van der Waals surface area contributed by atoms with Gasteiger partial charge in [0.2, 0.25) is 5.88 Å². The predicted molar refractivity (Wildman–Crippen MR) is 92.2 cm³/mol. The van der Waals surface area contributed by atoms with E-state index < -0.39 is 0 Å². The molecule has 0 amide bonds. The average Bonchev–Trinajstić information content (AvgIpc) is 2.42. The zero-order chi connectivity index (χ0) is 15.4. The molecule has 1 heterocycles. The van der Waals surface area contributed by atoms with Crippen LogP contribution in [0.3, 0.4) is 0 Å². The third kappa shape index (κ3) is 4.40. The van der Waals surface area contributed by atoms with Gasteiger partial charge in [0.15, 0.2) is 0 Å². The number of methoxy groups -OCH3 is 1. The van der Waals surface area contributed by atoms with E-state index in [2.05, 4.69) is 64.7 Å². The van der Waals surface area contributed by atoms with Crippen LogP contribution in [-0.4, -0.2) is 17.1 Å². The number of aromatic nitrogens is 2. The SMILES string of the molecule is CCCc1nc(Br)cc(Oc2cc(Br)c(OC)cc2Br)n1. The Bertz CT molecular complexity index is 650. The third-order valence-corrected chi connectivity index (χ3v) is 4.26. The summed E-state index contributed by atoms with van der Waals surface area (Å²) in [6.45, 7) is 2.09. The standard InChI is InChI=1S/C14H13Br3N2O2/c1-3-4-13-18-12(17)7-14(19-13)21-11-6-8(15)10(20-2)5-9(11)16/h5-7H,3-4H2,1-2H3. The predicted octanol–water partition coefficient (Wildman–Crippen LogP) is 5.52. The van der Waals surface area contributed by atoms with Crippen LogP contribution in [0.15, 0.2) is 31.7 Å².